The van der Waals surface area contributed by atoms with Crippen molar-refractivity contribution in [2.45, 2.75) is 52.8 Å². The molecule has 2 atom stereocenters. The van der Waals surface area contributed by atoms with E-state index in [2.05, 4.69) is 15.5 Å². The van der Waals surface area contributed by atoms with Gasteiger partial charge in [0.05, 0.1) is 6.04 Å². The third-order valence-electron chi connectivity index (χ3n) is 4.52. The van der Waals surface area contributed by atoms with Crippen molar-refractivity contribution in [2.75, 3.05) is 4.90 Å². The molecule has 0 spiro atoms. The maximum Gasteiger partial charge on any atom is 0.423 e. The van der Waals surface area contributed by atoms with Crippen molar-refractivity contribution in [3.63, 3.8) is 0 Å². The quantitative estimate of drug-likeness (QED) is 0.470. The highest BCUT2D eigenvalue weighted by Crippen LogP contribution is 2.22. The summed E-state index contributed by atoms with van der Waals surface area (Å²) in [6.07, 6.45) is -0.447. The van der Waals surface area contributed by atoms with Crippen molar-refractivity contribution < 1.29 is 19.1 Å². The van der Waals surface area contributed by atoms with Gasteiger partial charge >= 0.3 is 6.09 Å². The van der Waals surface area contributed by atoms with E-state index in [1.54, 1.807) is 26.0 Å². The van der Waals surface area contributed by atoms with Gasteiger partial charge in [0.2, 0.25) is 11.0 Å². The maximum atomic E-state index is 13.4. The van der Waals surface area contributed by atoms with Crippen LogP contribution in [-0.2, 0) is 20.9 Å². The lowest BCUT2D eigenvalue weighted by Gasteiger charge is -2.27. The van der Waals surface area contributed by atoms with Gasteiger partial charge in [-0.1, -0.05) is 69.4 Å². The molecule has 2 aromatic rings. The highest BCUT2D eigenvalue weighted by Gasteiger charge is 2.36. The Morgan fingerprint density at radius 3 is 2.41 bits per heavy atom. The van der Waals surface area contributed by atoms with Crippen molar-refractivity contribution in [3.05, 3.63) is 39.8 Å². The van der Waals surface area contributed by atoms with Crippen LogP contribution in [-0.4, -0.2) is 40.2 Å². The van der Waals surface area contributed by atoms with E-state index in [1.165, 1.54) is 0 Å². The van der Waals surface area contributed by atoms with Gasteiger partial charge in [-0.2, -0.15) is 4.90 Å². The number of nitrogens with zero attached hydrogens (tertiary/aromatic N) is 2. The molecule has 4 N–H and O–H groups in total. The monoisotopic (exact) mass is 479 g/mol. The minimum Gasteiger partial charge on any atom is -0.444 e. The number of H-pyrrole nitrogens is 1. The SMILES string of the molecule is CC(C)C[C@H](N)C(=O)N[C@H](C(=O)N(C(=O)OCc1ccccc1)c1n[nH]c(=S)s1)C(C)C. The summed E-state index contributed by atoms with van der Waals surface area (Å²) in [5.74, 6) is -1.25. The Balaban J connectivity index is 2.25. The molecule has 32 heavy (non-hydrogen) atoms. The van der Waals surface area contributed by atoms with Crippen molar-refractivity contribution in [2.24, 2.45) is 17.6 Å². The average Bonchev–Trinajstić information content (AvgIpc) is 3.15. The third kappa shape index (κ3) is 7.21. The number of anilines is 1. The number of carbonyl (C=O) groups excluding carboxylic acids is 3. The first-order valence-corrected chi connectivity index (χ1v) is 11.5. The summed E-state index contributed by atoms with van der Waals surface area (Å²) in [7, 11) is 0. The Labute approximate surface area is 196 Å². The van der Waals surface area contributed by atoms with Crippen molar-refractivity contribution in [1.29, 1.82) is 0 Å². The molecule has 0 aliphatic rings. The van der Waals surface area contributed by atoms with E-state index in [-0.39, 0.29) is 27.5 Å². The Kier molecular flexibility index (Phi) is 9.48. The Bertz CT molecular complexity index is 974. The predicted octanol–water partition coefficient (Wildman–Crippen LogP) is 3.38. The summed E-state index contributed by atoms with van der Waals surface area (Å²) in [5.41, 5.74) is 6.73. The number of nitrogens with two attached hydrogens (primary N) is 1. The lowest BCUT2D eigenvalue weighted by atomic mass is 10.00. The fourth-order valence-electron chi connectivity index (χ4n) is 2.89. The molecule has 174 valence electrons. The molecule has 0 saturated carbocycles. The van der Waals surface area contributed by atoms with Crippen LogP contribution in [0.25, 0.3) is 0 Å². The number of amides is 3. The minimum atomic E-state index is -1.01. The van der Waals surface area contributed by atoms with Gasteiger partial charge in [-0.25, -0.2) is 4.79 Å². The van der Waals surface area contributed by atoms with Gasteiger partial charge in [0.15, 0.2) is 3.95 Å². The highest BCUT2D eigenvalue weighted by atomic mass is 32.1. The number of aromatic amines is 1. The van der Waals surface area contributed by atoms with Crippen LogP contribution >= 0.6 is 23.6 Å². The topological polar surface area (TPSA) is 130 Å². The summed E-state index contributed by atoms with van der Waals surface area (Å²) in [6.45, 7) is 7.40. The second-order valence-electron chi connectivity index (χ2n) is 8.08. The van der Waals surface area contributed by atoms with Crippen molar-refractivity contribution in [3.8, 4) is 0 Å². The summed E-state index contributed by atoms with van der Waals surface area (Å²) in [5, 5.41) is 9.24. The molecular formula is C21H29N5O4S2. The number of benzene rings is 1. The van der Waals surface area contributed by atoms with Crippen LogP contribution in [0.3, 0.4) is 0 Å². The van der Waals surface area contributed by atoms with Gasteiger partial charge in [-0.3, -0.25) is 14.7 Å². The smallest absolute Gasteiger partial charge is 0.423 e. The Hall–Kier alpha value is -2.63. The molecule has 0 saturated heterocycles. The van der Waals surface area contributed by atoms with Gasteiger partial charge in [-0.15, -0.1) is 5.10 Å². The molecule has 2 rings (SSSR count). The molecule has 0 bridgehead atoms. The molecule has 0 fully saturated rings. The fraction of sp³-hybridized carbons (Fsp3) is 0.476. The first kappa shape index (κ1) is 25.6. The summed E-state index contributed by atoms with van der Waals surface area (Å²) >= 11 is 6.00. The largest absolute Gasteiger partial charge is 0.444 e. The second kappa shape index (κ2) is 11.8. The van der Waals surface area contributed by atoms with Gasteiger partial charge in [-0.05, 0) is 36.0 Å². The second-order valence-corrected chi connectivity index (χ2v) is 9.72. The molecule has 0 aliphatic heterocycles. The van der Waals surface area contributed by atoms with E-state index in [0.29, 0.717) is 6.42 Å². The van der Waals surface area contributed by atoms with Gasteiger partial charge in [0.1, 0.15) is 12.6 Å². The number of carbonyl (C=O) groups is 3. The van der Waals surface area contributed by atoms with E-state index in [0.717, 1.165) is 21.8 Å². The molecular weight excluding hydrogens is 450 g/mol. The zero-order chi connectivity index (χ0) is 23.8. The molecule has 1 heterocycles. The van der Waals surface area contributed by atoms with Crippen LogP contribution in [0.4, 0.5) is 9.93 Å². The molecule has 9 nitrogen and oxygen atoms in total. The van der Waals surface area contributed by atoms with E-state index < -0.39 is 30.0 Å². The maximum absolute atomic E-state index is 13.4. The van der Waals surface area contributed by atoms with Crippen LogP contribution in [0.1, 0.15) is 39.7 Å². The van der Waals surface area contributed by atoms with E-state index >= 15 is 0 Å². The number of aromatic nitrogens is 2. The van der Waals surface area contributed by atoms with E-state index in [4.69, 9.17) is 22.7 Å². The zero-order valence-corrected chi connectivity index (χ0v) is 20.2. The molecule has 0 aliphatic carbocycles. The number of rotatable bonds is 9. The van der Waals surface area contributed by atoms with E-state index in [9.17, 15) is 14.4 Å². The van der Waals surface area contributed by atoms with Crippen LogP contribution in [0.15, 0.2) is 30.3 Å². The zero-order valence-electron chi connectivity index (χ0n) is 18.5. The van der Waals surface area contributed by atoms with Crippen LogP contribution < -0.4 is 16.0 Å². The molecule has 1 aromatic heterocycles. The van der Waals surface area contributed by atoms with Gasteiger partial charge < -0.3 is 15.8 Å². The van der Waals surface area contributed by atoms with Crippen molar-refractivity contribution in [1.82, 2.24) is 15.5 Å². The predicted molar refractivity (Wildman–Crippen MR) is 126 cm³/mol. The lowest BCUT2D eigenvalue weighted by Crippen LogP contribution is -2.56. The number of hydrogen-bond acceptors (Lipinski definition) is 8. The average molecular weight is 480 g/mol. The first-order chi connectivity index (χ1) is 15.1. The molecule has 11 heteroatoms. The molecule has 3 amide bonds. The van der Waals surface area contributed by atoms with Gasteiger partial charge in [0.25, 0.3) is 5.91 Å². The Morgan fingerprint density at radius 1 is 1.22 bits per heavy atom. The lowest BCUT2D eigenvalue weighted by molar-refractivity contribution is -0.129. The normalized spacial score (nSPS) is 13.0. The first-order valence-electron chi connectivity index (χ1n) is 10.3. The number of nitrogens with one attached hydrogen (secondary N) is 2. The standard InChI is InChI=1S/C21H29N5O4S2/c1-12(2)10-15(22)17(27)23-16(13(3)4)18(28)26(19-24-25-20(31)32-19)21(29)30-11-14-8-6-5-7-9-14/h5-9,12-13,15-16H,10-11,22H2,1-4H3,(H,23,27)(H,25,31)/t15-,16-/m0/s1. The van der Waals surface area contributed by atoms with Crippen LogP contribution in [0.2, 0.25) is 0 Å². The highest BCUT2D eigenvalue weighted by molar-refractivity contribution is 7.73. The minimum absolute atomic E-state index is 0.0305. The van der Waals surface area contributed by atoms with E-state index in [1.807, 2.05) is 32.0 Å². The molecule has 0 unspecified atom stereocenters. The number of hydrogen-bond donors (Lipinski definition) is 3. The van der Waals surface area contributed by atoms with Crippen molar-refractivity contribution >= 4 is 46.6 Å². The number of ether oxygens (including phenoxy) is 1. The summed E-state index contributed by atoms with van der Waals surface area (Å²) in [6, 6.07) is 7.29. The summed E-state index contributed by atoms with van der Waals surface area (Å²) in [4.78, 5) is 39.7. The van der Waals surface area contributed by atoms with Crippen LogP contribution in [0, 0.1) is 15.8 Å². The van der Waals surface area contributed by atoms with Gasteiger partial charge in [0, 0.05) is 0 Å². The summed E-state index contributed by atoms with van der Waals surface area (Å²) < 4.78 is 5.65. The molecule has 0 radical (unpaired) electrons. The Morgan fingerprint density at radius 2 is 1.88 bits per heavy atom. The third-order valence-corrected chi connectivity index (χ3v) is 5.59. The number of imide groups is 1. The fourth-order valence-corrected chi connectivity index (χ4v) is 3.77. The van der Waals surface area contributed by atoms with Crippen LogP contribution in [0.5, 0.6) is 0 Å². The molecule has 1 aromatic carbocycles.